The molecule has 0 saturated carbocycles. The summed E-state index contributed by atoms with van der Waals surface area (Å²) < 4.78 is 16.3. The molecule has 1 unspecified atom stereocenters. The Kier molecular flexibility index (Phi) is 5.78. The van der Waals surface area contributed by atoms with Crippen molar-refractivity contribution in [2.45, 2.75) is 26.3 Å². The van der Waals surface area contributed by atoms with Gasteiger partial charge < -0.3 is 5.32 Å². The summed E-state index contributed by atoms with van der Waals surface area (Å²) in [5.74, 6) is -0.168. The monoisotopic (exact) mass is 419 g/mol. The van der Waals surface area contributed by atoms with Gasteiger partial charge in [-0.25, -0.2) is 4.39 Å². The van der Waals surface area contributed by atoms with E-state index in [1.165, 1.54) is 0 Å². The van der Waals surface area contributed by atoms with Crippen LogP contribution < -0.4 is 5.32 Å². The lowest BCUT2D eigenvalue weighted by molar-refractivity contribution is 0.546. The van der Waals surface area contributed by atoms with Gasteiger partial charge in [0.1, 0.15) is 5.82 Å². The molecule has 0 spiro atoms. The maximum absolute atomic E-state index is 14.2. The van der Waals surface area contributed by atoms with Crippen molar-refractivity contribution < 1.29 is 4.39 Å². The van der Waals surface area contributed by atoms with Crippen LogP contribution in [0.4, 0.5) is 4.39 Å². The molecule has 0 amide bonds. The molecular weight excluding hydrogens is 405 g/mol. The molecule has 1 aromatic heterocycles. The van der Waals surface area contributed by atoms with Crippen LogP contribution in [0.25, 0.3) is 0 Å². The molecule has 1 atom stereocenters. The van der Waals surface area contributed by atoms with Crippen LogP contribution in [0, 0.1) is 12.7 Å². The van der Waals surface area contributed by atoms with Crippen molar-refractivity contribution >= 4 is 43.2 Å². The summed E-state index contributed by atoms with van der Waals surface area (Å²) in [6.45, 7) is 4.94. The Hall–Kier alpha value is -0.230. The van der Waals surface area contributed by atoms with E-state index in [4.69, 9.17) is 0 Å². The third-order valence-corrected chi connectivity index (χ3v) is 5.44. The number of halogens is 3. The fourth-order valence-electron chi connectivity index (χ4n) is 2.11. The Bertz CT molecular complexity index is 598. The van der Waals surface area contributed by atoms with Crippen LogP contribution >= 0.6 is 43.2 Å². The minimum absolute atomic E-state index is 0.133. The molecule has 0 bridgehead atoms. The van der Waals surface area contributed by atoms with Crippen LogP contribution in [0.5, 0.6) is 0 Å². The Balaban J connectivity index is 2.46. The highest BCUT2D eigenvalue weighted by Crippen LogP contribution is 2.38. The molecule has 0 aliphatic carbocycles. The van der Waals surface area contributed by atoms with Crippen molar-refractivity contribution in [2.75, 3.05) is 6.54 Å². The van der Waals surface area contributed by atoms with Crippen LogP contribution in [0.15, 0.2) is 31.8 Å². The van der Waals surface area contributed by atoms with E-state index in [2.05, 4.69) is 44.1 Å². The summed E-state index contributed by atoms with van der Waals surface area (Å²) in [5.41, 5.74) is 2.83. The van der Waals surface area contributed by atoms with Gasteiger partial charge in [-0.15, -0.1) is 11.3 Å². The van der Waals surface area contributed by atoms with Gasteiger partial charge in [0.05, 0.1) is 13.6 Å². The number of thiophene rings is 1. The number of hydrogen-bond acceptors (Lipinski definition) is 2. The highest BCUT2D eigenvalue weighted by molar-refractivity contribution is 9.12. The molecular formula is C15H16Br2FNS. The molecule has 20 heavy (non-hydrogen) atoms. The summed E-state index contributed by atoms with van der Waals surface area (Å²) in [6.07, 6.45) is 1.01. The van der Waals surface area contributed by atoms with E-state index >= 15 is 0 Å². The predicted molar refractivity (Wildman–Crippen MR) is 91.0 cm³/mol. The lowest BCUT2D eigenvalue weighted by Gasteiger charge is -2.20. The topological polar surface area (TPSA) is 12.0 Å². The molecule has 1 aromatic carbocycles. The van der Waals surface area contributed by atoms with Gasteiger partial charge in [0.2, 0.25) is 0 Å². The highest BCUT2D eigenvalue weighted by atomic mass is 79.9. The van der Waals surface area contributed by atoms with E-state index in [-0.39, 0.29) is 11.9 Å². The van der Waals surface area contributed by atoms with Gasteiger partial charge in [0.15, 0.2) is 0 Å². The van der Waals surface area contributed by atoms with Crippen molar-refractivity contribution in [1.82, 2.24) is 5.32 Å². The summed E-state index contributed by atoms with van der Waals surface area (Å²) in [4.78, 5) is 0. The minimum atomic E-state index is -0.168. The van der Waals surface area contributed by atoms with E-state index in [1.807, 2.05) is 19.1 Å². The Morgan fingerprint density at radius 3 is 2.60 bits per heavy atom. The second-order valence-electron chi connectivity index (χ2n) is 4.69. The van der Waals surface area contributed by atoms with E-state index in [1.54, 1.807) is 23.5 Å². The first kappa shape index (κ1) is 16.1. The maximum Gasteiger partial charge on any atom is 0.128 e. The normalized spacial score (nSPS) is 12.7. The summed E-state index contributed by atoms with van der Waals surface area (Å²) in [7, 11) is 0. The molecule has 1 N–H and O–H groups in total. The fourth-order valence-corrected chi connectivity index (χ4v) is 5.01. The number of nitrogens with one attached hydrogen (secondary N) is 1. The highest BCUT2D eigenvalue weighted by Gasteiger charge is 2.21. The molecule has 2 aromatic rings. The van der Waals surface area contributed by atoms with Crippen LogP contribution in [-0.4, -0.2) is 6.54 Å². The molecule has 0 aliphatic rings. The summed E-state index contributed by atoms with van der Waals surface area (Å²) in [5, 5.41) is 3.44. The average molecular weight is 421 g/mol. The van der Waals surface area contributed by atoms with Gasteiger partial charge in [-0.2, -0.15) is 0 Å². The Morgan fingerprint density at radius 1 is 1.25 bits per heavy atom. The van der Waals surface area contributed by atoms with Crippen LogP contribution in [-0.2, 0) is 0 Å². The maximum atomic E-state index is 14.2. The molecule has 5 heteroatoms. The van der Waals surface area contributed by atoms with Gasteiger partial charge in [-0.1, -0.05) is 24.6 Å². The first-order valence-corrected chi connectivity index (χ1v) is 8.87. The summed E-state index contributed by atoms with van der Waals surface area (Å²) in [6, 6.07) is 7.17. The number of hydrogen-bond donors (Lipinski definition) is 1. The molecule has 0 aliphatic heterocycles. The molecule has 0 saturated heterocycles. The molecule has 0 radical (unpaired) electrons. The second-order valence-corrected chi connectivity index (χ2v) is 8.44. The zero-order valence-corrected chi connectivity index (χ0v) is 15.3. The van der Waals surface area contributed by atoms with E-state index in [0.717, 1.165) is 31.7 Å². The zero-order valence-electron chi connectivity index (χ0n) is 11.3. The second kappa shape index (κ2) is 7.16. The van der Waals surface area contributed by atoms with E-state index in [9.17, 15) is 4.39 Å². The molecule has 108 valence electrons. The Morgan fingerprint density at radius 2 is 2.00 bits per heavy atom. The van der Waals surface area contributed by atoms with Crippen molar-refractivity contribution in [1.29, 1.82) is 0 Å². The van der Waals surface area contributed by atoms with Gasteiger partial charge in [0, 0.05) is 5.56 Å². The first-order valence-electron chi connectivity index (χ1n) is 6.47. The molecule has 2 rings (SSSR count). The standard InChI is InChI=1S/C15H16Br2FNS/c1-3-6-19-14(11-8-13(16)20-15(11)17)10-7-9(2)4-5-12(10)18/h4-5,7-8,14,19H,3,6H2,1-2H3. The van der Waals surface area contributed by atoms with Crippen LogP contribution in [0.2, 0.25) is 0 Å². The van der Waals surface area contributed by atoms with Gasteiger partial charge in [-0.3, -0.25) is 0 Å². The molecule has 1 heterocycles. The SMILES string of the molecule is CCCNC(c1cc(C)ccc1F)c1cc(Br)sc1Br. The van der Waals surface area contributed by atoms with Crippen molar-refractivity contribution in [3.8, 4) is 0 Å². The van der Waals surface area contributed by atoms with Gasteiger partial charge >= 0.3 is 0 Å². The first-order chi connectivity index (χ1) is 9.52. The van der Waals surface area contributed by atoms with Crippen molar-refractivity contribution in [2.24, 2.45) is 0 Å². The molecule has 1 nitrogen and oxygen atoms in total. The largest absolute Gasteiger partial charge is 0.306 e. The fraction of sp³-hybridized carbons (Fsp3) is 0.333. The number of benzene rings is 1. The quantitative estimate of drug-likeness (QED) is 0.643. The zero-order chi connectivity index (χ0) is 14.7. The van der Waals surface area contributed by atoms with E-state index < -0.39 is 0 Å². The van der Waals surface area contributed by atoms with E-state index in [0.29, 0.717) is 5.56 Å². The van der Waals surface area contributed by atoms with Crippen LogP contribution in [0.3, 0.4) is 0 Å². The number of rotatable bonds is 5. The third-order valence-electron chi connectivity index (χ3n) is 3.06. The van der Waals surface area contributed by atoms with Gasteiger partial charge in [-0.05, 0) is 69.4 Å². The number of aryl methyl sites for hydroxylation is 1. The lowest BCUT2D eigenvalue weighted by Crippen LogP contribution is -2.24. The third kappa shape index (κ3) is 3.70. The van der Waals surface area contributed by atoms with Gasteiger partial charge in [0.25, 0.3) is 0 Å². The molecule has 0 fully saturated rings. The smallest absolute Gasteiger partial charge is 0.128 e. The average Bonchev–Trinajstić information content (AvgIpc) is 2.73. The predicted octanol–water partition coefficient (Wildman–Crippen LogP) is 5.81. The Labute approximate surface area is 139 Å². The lowest BCUT2D eigenvalue weighted by atomic mass is 9.99. The van der Waals surface area contributed by atoms with Crippen LogP contribution in [0.1, 0.15) is 36.1 Å². The van der Waals surface area contributed by atoms with Crippen molar-refractivity contribution in [3.05, 3.63) is 54.3 Å². The van der Waals surface area contributed by atoms with Crippen molar-refractivity contribution in [3.63, 3.8) is 0 Å². The minimum Gasteiger partial charge on any atom is -0.306 e. The summed E-state index contributed by atoms with van der Waals surface area (Å²) >= 11 is 8.67.